The van der Waals surface area contributed by atoms with Gasteiger partial charge in [-0.05, 0) is 56.3 Å². The topological polar surface area (TPSA) is 48.5 Å². The fraction of sp³-hybridized carbons (Fsp3) is 0.708. The quantitative estimate of drug-likeness (QED) is 0.690. The summed E-state index contributed by atoms with van der Waals surface area (Å²) in [5, 5.41) is 0. The Morgan fingerprint density at radius 2 is 1.77 bits per heavy atom. The van der Waals surface area contributed by atoms with E-state index in [1.54, 1.807) is 14.2 Å². The number of carbonyl (C=O) groups excluding carboxylic acids is 1. The van der Waals surface area contributed by atoms with E-state index >= 15 is 0 Å². The van der Waals surface area contributed by atoms with Crippen LogP contribution in [0.25, 0.3) is 0 Å². The Morgan fingerprint density at radius 3 is 2.45 bits per heavy atom. The van der Waals surface area contributed by atoms with Crippen LogP contribution in [0.1, 0.15) is 31.2 Å². The molecule has 31 heavy (non-hydrogen) atoms. The molecule has 5 rings (SSSR count). The Kier molecular flexibility index (Phi) is 5.61. The van der Waals surface area contributed by atoms with Crippen molar-refractivity contribution in [1.82, 2.24) is 19.6 Å². The number of likely N-dealkylation sites (N-methyl/N-ethyl adjacent to an activating group) is 1. The number of carbonyl (C=O) groups is 1. The zero-order chi connectivity index (χ0) is 21.6. The van der Waals surface area contributed by atoms with Crippen LogP contribution in [0.4, 0.5) is 0 Å². The number of ether oxygens (including phenoxy) is 2. The van der Waals surface area contributed by atoms with Crippen LogP contribution >= 0.6 is 0 Å². The Morgan fingerprint density at radius 1 is 1.03 bits per heavy atom. The van der Waals surface area contributed by atoms with Gasteiger partial charge in [-0.25, -0.2) is 0 Å². The first-order valence-corrected chi connectivity index (χ1v) is 11.7. The molecule has 0 N–H and O–H groups in total. The highest BCUT2D eigenvalue weighted by Crippen LogP contribution is 2.44. The standard InChI is InChI=1S/C24H36N4O3/c1-25-12-13-27-20(17-25)23(29)28(16-18-4-5-18)24(27)8-10-26(11-9-24)15-19-6-7-21(30-2)22(14-19)31-3/h6-7,14,18,20H,4-5,8-13,15-17H2,1-3H3/t20-/m1/s1. The van der Waals surface area contributed by atoms with E-state index in [2.05, 4.69) is 38.8 Å². The Balaban J connectivity index is 1.30. The molecule has 7 nitrogen and oxygen atoms in total. The van der Waals surface area contributed by atoms with Crippen LogP contribution in [0.15, 0.2) is 18.2 Å². The van der Waals surface area contributed by atoms with Gasteiger partial charge in [0.05, 0.1) is 19.9 Å². The minimum Gasteiger partial charge on any atom is -0.493 e. The molecule has 0 radical (unpaired) electrons. The monoisotopic (exact) mass is 428 g/mol. The van der Waals surface area contributed by atoms with E-state index in [4.69, 9.17) is 9.47 Å². The number of rotatable bonds is 6. The molecule has 7 heteroatoms. The Labute approximate surface area is 185 Å². The van der Waals surface area contributed by atoms with Gasteiger partial charge in [0.15, 0.2) is 11.5 Å². The molecule has 1 amide bonds. The molecule has 0 unspecified atom stereocenters. The molecule has 4 aliphatic rings. The first-order valence-electron chi connectivity index (χ1n) is 11.7. The molecular formula is C24H36N4O3. The van der Waals surface area contributed by atoms with Crippen molar-refractivity contribution in [2.75, 3.05) is 60.5 Å². The minimum absolute atomic E-state index is 0.0508. The van der Waals surface area contributed by atoms with Crippen molar-refractivity contribution in [1.29, 1.82) is 0 Å². The van der Waals surface area contributed by atoms with Crippen LogP contribution in [0.5, 0.6) is 11.5 Å². The summed E-state index contributed by atoms with van der Waals surface area (Å²) in [6, 6.07) is 6.25. The lowest BCUT2D eigenvalue weighted by Crippen LogP contribution is -2.63. The zero-order valence-corrected chi connectivity index (χ0v) is 19.2. The molecule has 1 aromatic carbocycles. The van der Waals surface area contributed by atoms with Crippen molar-refractivity contribution in [2.45, 2.75) is 43.9 Å². The zero-order valence-electron chi connectivity index (χ0n) is 19.2. The third kappa shape index (κ3) is 3.81. The van der Waals surface area contributed by atoms with Gasteiger partial charge in [0.25, 0.3) is 0 Å². The van der Waals surface area contributed by atoms with E-state index in [9.17, 15) is 4.79 Å². The van der Waals surface area contributed by atoms with E-state index in [0.29, 0.717) is 5.91 Å². The van der Waals surface area contributed by atoms with Crippen molar-refractivity contribution in [3.05, 3.63) is 23.8 Å². The number of likely N-dealkylation sites (tertiary alicyclic amines) is 1. The van der Waals surface area contributed by atoms with Gasteiger partial charge in [-0.15, -0.1) is 0 Å². The van der Waals surface area contributed by atoms with Gasteiger partial charge in [0.1, 0.15) is 6.04 Å². The van der Waals surface area contributed by atoms with Gasteiger partial charge in [0.2, 0.25) is 5.91 Å². The summed E-state index contributed by atoms with van der Waals surface area (Å²) in [6.45, 7) is 6.83. The number of benzene rings is 1. The van der Waals surface area contributed by atoms with Crippen LogP contribution < -0.4 is 9.47 Å². The maximum atomic E-state index is 13.4. The summed E-state index contributed by atoms with van der Waals surface area (Å²) in [6.07, 6.45) is 4.66. The number of methoxy groups -OCH3 is 2. The van der Waals surface area contributed by atoms with Gasteiger partial charge in [-0.2, -0.15) is 0 Å². The molecule has 3 aliphatic heterocycles. The predicted molar refractivity (Wildman–Crippen MR) is 119 cm³/mol. The number of nitrogens with zero attached hydrogens (tertiary/aromatic N) is 4. The van der Waals surface area contributed by atoms with Gasteiger partial charge < -0.3 is 19.3 Å². The molecule has 3 heterocycles. The summed E-state index contributed by atoms with van der Waals surface area (Å²) in [5.41, 5.74) is 1.17. The van der Waals surface area contributed by atoms with Crippen molar-refractivity contribution in [3.8, 4) is 11.5 Å². The molecule has 1 saturated carbocycles. The lowest BCUT2D eigenvalue weighted by atomic mass is 9.93. The first kappa shape index (κ1) is 21.0. The molecule has 1 aliphatic carbocycles. The summed E-state index contributed by atoms with van der Waals surface area (Å²) in [4.78, 5) is 23.2. The van der Waals surface area contributed by atoms with E-state index in [0.717, 1.165) is 76.1 Å². The number of hydrogen-bond donors (Lipinski definition) is 0. The van der Waals surface area contributed by atoms with Crippen LogP contribution in [-0.4, -0.2) is 97.7 Å². The summed E-state index contributed by atoms with van der Waals surface area (Å²) < 4.78 is 10.9. The number of amides is 1. The highest BCUT2D eigenvalue weighted by molar-refractivity contribution is 5.85. The number of hydrogen-bond acceptors (Lipinski definition) is 6. The molecular weight excluding hydrogens is 392 g/mol. The molecule has 170 valence electrons. The van der Waals surface area contributed by atoms with Crippen LogP contribution in [0.2, 0.25) is 0 Å². The molecule has 0 aromatic heterocycles. The van der Waals surface area contributed by atoms with Crippen molar-refractivity contribution >= 4 is 5.91 Å². The highest BCUT2D eigenvalue weighted by Gasteiger charge is 2.58. The fourth-order valence-electron chi connectivity index (χ4n) is 5.85. The maximum absolute atomic E-state index is 13.4. The van der Waals surface area contributed by atoms with E-state index in [1.165, 1.54) is 18.4 Å². The number of piperidine rings is 1. The Bertz CT molecular complexity index is 819. The van der Waals surface area contributed by atoms with Crippen molar-refractivity contribution in [2.24, 2.45) is 5.92 Å². The van der Waals surface area contributed by atoms with Gasteiger partial charge in [-0.3, -0.25) is 14.6 Å². The highest BCUT2D eigenvalue weighted by atomic mass is 16.5. The number of fused-ring (bicyclic) bond motifs is 2. The third-order valence-corrected chi connectivity index (χ3v) is 7.82. The normalized spacial score (nSPS) is 27.0. The third-order valence-electron chi connectivity index (χ3n) is 7.82. The molecule has 1 aromatic rings. The second kappa shape index (κ2) is 8.26. The van der Waals surface area contributed by atoms with Gasteiger partial charge in [-0.1, -0.05) is 6.07 Å². The number of piperazine rings is 1. The Hall–Kier alpha value is -1.83. The lowest BCUT2D eigenvalue weighted by Gasteiger charge is -2.51. The van der Waals surface area contributed by atoms with Gasteiger partial charge in [0, 0.05) is 45.8 Å². The maximum Gasteiger partial charge on any atom is 0.242 e. The SMILES string of the molecule is COc1ccc(CN2CCC3(CC2)N(CC2CC2)C(=O)[C@H]2CN(C)CCN23)cc1OC. The summed E-state index contributed by atoms with van der Waals surface area (Å²) in [7, 11) is 5.50. The van der Waals surface area contributed by atoms with Crippen molar-refractivity contribution in [3.63, 3.8) is 0 Å². The minimum atomic E-state index is -0.0697. The second-order valence-corrected chi connectivity index (χ2v) is 9.81. The summed E-state index contributed by atoms with van der Waals surface area (Å²) >= 11 is 0. The lowest BCUT2D eigenvalue weighted by molar-refractivity contribution is -0.134. The molecule has 1 atom stereocenters. The second-order valence-electron chi connectivity index (χ2n) is 9.81. The average Bonchev–Trinajstić information content (AvgIpc) is 3.59. The van der Waals surface area contributed by atoms with Gasteiger partial charge >= 0.3 is 0 Å². The van der Waals surface area contributed by atoms with Crippen molar-refractivity contribution < 1.29 is 14.3 Å². The van der Waals surface area contributed by atoms with Crippen LogP contribution in [0, 0.1) is 5.92 Å². The smallest absolute Gasteiger partial charge is 0.242 e. The fourth-order valence-corrected chi connectivity index (χ4v) is 5.85. The first-order chi connectivity index (χ1) is 15.0. The van der Waals surface area contributed by atoms with Crippen LogP contribution in [0.3, 0.4) is 0 Å². The van der Waals surface area contributed by atoms with E-state index in [-0.39, 0.29) is 11.7 Å². The largest absolute Gasteiger partial charge is 0.493 e. The predicted octanol–water partition coefficient (Wildman–Crippen LogP) is 1.86. The van der Waals surface area contributed by atoms with E-state index < -0.39 is 0 Å². The summed E-state index contributed by atoms with van der Waals surface area (Å²) in [5.74, 6) is 2.66. The molecule has 1 spiro atoms. The van der Waals surface area contributed by atoms with E-state index in [1.807, 2.05) is 6.07 Å². The van der Waals surface area contributed by atoms with Crippen LogP contribution in [-0.2, 0) is 11.3 Å². The molecule has 3 saturated heterocycles. The molecule has 4 fully saturated rings. The average molecular weight is 429 g/mol. The molecule has 0 bridgehead atoms.